The Balaban J connectivity index is 1.95. The number of hydrogen-bond donors (Lipinski definition) is 2. The van der Waals surface area contributed by atoms with Gasteiger partial charge >= 0.3 is 0 Å². The van der Waals surface area contributed by atoms with Crippen molar-refractivity contribution in [2.24, 2.45) is 0 Å². The third kappa shape index (κ3) is 2.30. The number of amides is 1. The Labute approximate surface area is 128 Å². The normalized spacial score (nSPS) is 25.4. The van der Waals surface area contributed by atoms with E-state index in [-0.39, 0.29) is 17.6 Å². The second-order valence-corrected chi connectivity index (χ2v) is 6.95. The molecule has 4 nitrogen and oxygen atoms in total. The molecule has 2 unspecified atom stereocenters. The maximum absolute atomic E-state index is 12.6. The summed E-state index contributed by atoms with van der Waals surface area (Å²) < 4.78 is 6.66. The molecule has 112 valence electrons. The summed E-state index contributed by atoms with van der Waals surface area (Å²) in [7, 11) is 0. The highest BCUT2D eigenvalue weighted by molar-refractivity contribution is 7.21. The van der Waals surface area contributed by atoms with E-state index in [1.807, 2.05) is 39.0 Å². The summed E-state index contributed by atoms with van der Waals surface area (Å²) >= 11 is 1.46. The molecule has 1 saturated heterocycles. The molecule has 0 spiro atoms. The number of ether oxygens (including phenoxy) is 1. The predicted molar refractivity (Wildman–Crippen MR) is 86.9 cm³/mol. The molecule has 3 N–H and O–H groups in total. The number of hydrogen-bond acceptors (Lipinski definition) is 4. The van der Waals surface area contributed by atoms with E-state index in [4.69, 9.17) is 10.5 Å². The number of nitrogens with two attached hydrogens (primary N) is 1. The summed E-state index contributed by atoms with van der Waals surface area (Å²) in [5.74, 6) is -0.104. The van der Waals surface area contributed by atoms with E-state index in [1.165, 1.54) is 11.3 Å². The Morgan fingerprint density at radius 1 is 1.52 bits per heavy atom. The molecule has 1 aliphatic heterocycles. The van der Waals surface area contributed by atoms with E-state index in [1.54, 1.807) is 0 Å². The number of nitrogen functional groups attached to an aromatic ring is 1. The molecule has 2 aromatic rings. The standard InChI is InChI=1S/C16H20N2O2S/c1-9-5-4-6-11-12(17)14(21-13(9)11)15(19)18-16(3)7-8-20-10(16)2/h4-6,10H,7-8,17H2,1-3H3,(H,18,19). The second kappa shape index (κ2) is 5.00. The van der Waals surface area contributed by atoms with Crippen LogP contribution in [-0.4, -0.2) is 24.2 Å². The van der Waals surface area contributed by atoms with Gasteiger partial charge in [-0.15, -0.1) is 11.3 Å². The lowest BCUT2D eigenvalue weighted by Gasteiger charge is -2.28. The van der Waals surface area contributed by atoms with E-state index >= 15 is 0 Å². The van der Waals surface area contributed by atoms with Crippen LogP contribution in [0.5, 0.6) is 0 Å². The van der Waals surface area contributed by atoms with Crippen LogP contribution < -0.4 is 11.1 Å². The van der Waals surface area contributed by atoms with Gasteiger partial charge in [0.1, 0.15) is 4.88 Å². The van der Waals surface area contributed by atoms with Crippen LogP contribution in [0.4, 0.5) is 5.69 Å². The Morgan fingerprint density at radius 3 is 2.90 bits per heavy atom. The quantitative estimate of drug-likeness (QED) is 0.896. The number of aryl methyl sites for hydroxylation is 1. The fourth-order valence-corrected chi connectivity index (χ4v) is 3.85. The minimum absolute atomic E-state index is 0.0128. The molecule has 3 rings (SSSR count). The van der Waals surface area contributed by atoms with Crippen LogP contribution in [0.25, 0.3) is 10.1 Å². The molecule has 21 heavy (non-hydrogen) atoms. The lowest BCUT2D eigenvalue weighted by Crippen LogP contribution is -2.50. The Bertz CT molecular complexity index is 710. The highest BCUT2D eigenvalue weighted by Gasteiger charge is 2.39. The van der Waals surface area contributed by atoms with Crippen molar-refractivity contribution in [3.63, 3.8) is 0 Å². The number of carbonyl (C=O) groups excluding carboxylic acids is 1. The molecule has 1 aromatic carbocycles. The van der Waals surface area contributed by atoms with Gasteiger partial charge in [-0.2, -0.15) is 0 Å². The molecule has 2 atom stereocenters. The molecule has 1 amide bonds. The maximum Gasteiger partial charge on any atom is 0.264 e. The molecule has 1 aromatic heterocycles. The zero-order chi connectivity index (χ0) is 15.2. The minimum Gasteiger partial charge on any atom is -0.397 e. The Kier molecular flexibility index (Phi) is 3.42. The van der Waals surface area contributed by atoms with Crippen molar-refractivity contribution in [2.75, 3.05) is 12.3 Å². The van der Waals surface area contributed by atoms with Crippen LogP contribution in [0.2, 0.25) is 0 Å². The fraction of sp³-hybridized carbons (Fsp3) is 0.438. The monoisotopic (exact) mass is 304 g/mol. The molecule has 2 heterocycles. The van der Waals surface area contributed by atoms with Crippen molar-refractivity contribution >= 4 is 33.0 Å². The number of carbonyl (C=O) groups is 1. The lowest BCUT2D eigenvalue weighted by molar-refractivity contribution is 0.0731. The van der Waals surface area contributed by atoms with Crippen LogP contribution in [0.15, 0.2) is 18.2 Å². The smallest absolute Gasteiger partial charge is 0.264 e. The number of benzene rings is 1. The van der Waals surface area contributed by atoms with Crippen molar-refractivity contribution in [1.29, 1.82) is 0 Å². The maximum atomic E-state index is 12.6. The van der Waals surface area contributed by atoms with Gasteiger partial charge in [0.05, 0.1) is 17.3 Å². The number of rotatable bonds is 2. The average molecular weight is 304 g/mol. The first-order chi connectivity index (χ1) is 9.92. The SMILES string of the molecule is Cc1cccc2c(N)c(C(=O)NC3(C)CCOC3C)sc12. The number of thiophene rings is 1. The van der Waals surface area contributed by atoms with E-state index in [0.29, 0.717) is 17.2 Å². The minimum atomic E-state index is -0.325. The first-order valence-electron chi connectivity index (χ1n) is 7.14. The third-order valence-corrected chi connectivity index (χ3v) is 5.80. The van der Waals surface area contributed by atoms with Gasteiger partial charge in [0.15, 0.2) is 0 Å². The number of nitrogens with one attached hydrogen (secondary N) is 1. The molecule has 0 saturated carbocycles. The Morgan fingerprint density at radius 2 is 2.29 bits per heavy atom. The van der Waals surface area contributed by atoms with Gasteiger partial charge in [-0.25, -0.2) is 0 Å². The molecule has 1 aliphatic rings. The van der Waals surface area contributed by atoms with E-state index in [0.717, 1.165) is 22.1 Å². The van der Waals surface area contributed by atoms with Crippen molar-refractivity contribution < 1.29 is 9.53 Å². The van der Waals surface area contributed by atoms with Gasteiger partial charge in [-0.1, -0.05) is 18.2 Å². The van der Waals surface area contributed by atoms with Crippen molar-refractivity contribution in [1.82, 2.24) is 5.32 Å². The van der Waals surface area contributed by atoms with Gasteiger partial charge in [0.25, 0.3) is 5.91 Å². The number of anilines is 1. The van der Waals surface area contributed by atoms with Gasteiger partial charge in [-0.05, 0) is 32.8 Å². The van der Waals surface area contributed by atoms with Gasteiger partial charge in [0, 0.05) is 16.7 Å². The van der Waals surface area contributed by atoms with Gasteiger partial charge in [-0.3, -0.25) is 4.79 Å². The average Bonchev–Trinajstić information content (AvgIpc) is 2.93. The zero-order valence-corrected chi connectivity index (χ0v) is 13.3. The second-order valence-electron chi connectivity index (χ2n) is 5.93. The lowest BCUT2D eigenvalue weighted by atomic mass is 9.94. The zero-order valence-electron chi connectivity index (χ0n) is 12.5. The van der Waals surface area contributed by atoms with E-state index in [9.17, 15) is 4.79 Å². The van der Waals surface area contributed by atoms with Gasteiger partial charge in [0.2, 0.25) is 0 Å². The fourth-order valence-electron chi connectivity index (χ4n) is 2.76. The van der Waals surface area contributed by atoms with Crippen LogP contribution in [0.1, 0.15) is 35.5 Å². The third-order valence-electron chi connectivity index (χ3n) is 4.44. The first kappa shape index (κ1) is 14.4. The summed E-state index contributed by atoms with van der Waals surface area (Å²) in [6.45, 7) is 6.73. The Hall–Kier alpha value is -1.59. The van der Waals surface area contributed by atoms with Crippen molar-refractivity contribution in [3.05, 3.63) is 28.6 Å². The van der Waals surface area contributed by atoms with Crippen molar-refractivity contribution in [3.8, 4) is 0 Å². The highest BCUT2D eigenvalue weighted by Crippen LogP contribution is 2.36. The summed E-state index contributed by atoms with van der Waals surface area (Å²) in [5, 5.41) is 4.07. The summed E-state index contributed by atoms with van der Waals surface area (Å²) in [4.78, 5) is 13.2. The summed E-state index contributed by atoms with van der Waals surface area (Å²) in [5.41, 5.74) is 7.58. The predicted octanol–water partition coefficient (Wildman–Crippen LogP) is 3.09. The molecule has 5 heteroatoms. The summed E-state index contributed by atoms with van der Waals surface area (Å²) in [6, 6.07) is 5.97. The largest absolute Gasteiger partial charge is 0.397 e. The number of fused-ring (bicyclic) bond motifs is 1. The van der Waals surface area contributed by atoms with E-state index in [2.05, 4.69) is 5.32 Å². The summed E-state index contributed by atoms with van der Waals surface area (Å²) in [6.07, 6.45) is 0.836. The molecule has 0 aliphatic carbocycles. The highest BCUT2D eigenvalue weighted by atomic mass is 32.1. The molecule has 1 fully saturated rings. The molecule has 0 bridgehead atoms. The van der Waals surface area contributed by atoms with Gasteiger partial charge < -0.3 is 15.8 Å². The van der Waals surface area contributed by atoms with E-state index < -0.39 is 0 Å². The van der Waals surface area contributed by atoms with Crippen LogP contribution in [0, 0.1) is 6.92 Å². The molecule has 0 radical (unpaired) electrons. The van der Waals surface area contributed by atoms with Crippen LogP contribution in [0.3, 0.4) is 0 Å². The molecular weight excluding hydrogens is 284 g/mol. The van der Waals surface area contributed by atoms with Crippen LogP contribution in [-0.2, 0) is 4.74 Å². The first-order valence-corrected chi connectivity index (χ1v) is 7.96. The topological polar surface area (TPSA) is 64.4 Å². The van der Waals surface area contributed by atoms with Crippen molar-refractivity contribution in [2.45, 2.75) is 38.8 Å². The van der Waals surface area contributed by atoms with Crippen LogP contribution >= 0.6 is 11.3 Å². The molecular formula is C16H20N2O2S.